The van der Waals surface area contributed by atoms with E-state index in [0.717, 1.165) is 31.0 Å². The van der Waals surface area contributed by atoms with Gasteiger partial charge in [-0.2, -0.15) is 0 Å². The molecule has 0 bridgehead atoms. The minimum atomic E-state index is -0.0508. The van der Waals surface area contributed by atoms with E-state index in [1.54, 1.807) is 0 Å². The van der Waals surface area contributed by atoms with Crippen molar-refractivity contribution >= 4 is 15.9 Å². The Labute approximate surface area is 102 Å². The molecule has 0 aromatic heterocycles. The van der Waals surface area contributed by atoms with Crippen LogP contribution in [0.25, 0.3) is 0 Å². The number of halogens is 1. The van der Waals surface area contributed by atoms with Gasteiger partial charge in [0.1, 0.15) is 0 Å². The predicted octanol–water partition coefficient (Wildman–Crippen LogP) is 3.87. The molecule has 1 aliphatic heterocycles. The number of hydrogen-bond acceptors (Lipinski definition) is 2. The van der Waals surface area contributed by atoms with E-state index in [-0.39, 0.29) is 17.5 Å². The van der Waals surface area contributed by atoms with Gasteiger partial charge >= 0.3 is 0 Å². The first kappa shape index (κ1) is 13.5. The molecule has 0 spiro atoms. The maximum absolute atomic E-state index is 5.99. The summed E-state index contributed by atoms with van der Waals surface area (Å²) in [5.74, 6) is 0. The zero-order valence-corrected chi connectivity index (χ0v) is 11.9. The van der Waals surface area contributed by atoms with Gasteiger partial charge in [-0.25, -0.2) is 0 Å². The highest BCUT2D eigenvalue weighted by Crippen LogP contribution is 2.33. The van der Waals surface area contributed by atoms with Crippen LogP contribution in [0.3, 0.4) is 0 Å². The Morgan fingerprint density at radius 1 is 1.07 bits per heavy atom. The van der Waals surface area contributed by atoms with Crippen LogP contribution >= 0.6 is 15.9 Å². The molecule has 0 radical (unpaired) electrons. The summed E-state index contributed by atoms with van der Waals surface area (Å²) < 4.78 is 12.0. The van der Waals surface area contributed by atoms with Gasteiger partial charge in [0.2, 0.25) is 0 Å². The molecule has 1 heterocycles. The second-order valence-corrected chi connectivity index (χ2v) is 6.31. The Balaban J connectivity index is 2.60. The van der Waals surface area contributed by atoms with E-state index in [1.165, 1.54) is 0 Å². The van der Waals surface area contributed by atoms with Gasteiger partial charge in [0, 0.05) is 5.33 Å². The van der Waals surface area contributed by atoms with E-state index in [4.69, 9.17) is 9.47 Å². The van der Waals surface area contributed by atoms with Crippen molar-refractivity contribution in [2.75, 3.05) is 5.33 Å². The Hall–Kier alpha value is 0.400. The summed E-state index contributed by atoms with van der Waals surface area (Å²) in [6, 6.07) is 0. The normalized spacial score (nSPS) is 26.2. The van der Waals surface area contributed by atoms with Crippen molar-refractivity contribution in [3.8, 4) is 0 Å². The van der Waals surface area contributed by atoms with Crippen molar-refractivity contribution in [3.05, 3.63) is 0 Å². The molecule has 0 aliphatic carbocycles. The molecule has 2 nitrogen and oxygen atoms in total. The lowest BCUT2D eigenvalue weighted by Gasteiger charge is -2.29. The molecule has 1 saturated heterocycles. The SMILES string of the molecule is CC1(C)CCC(C)(C)OC(CCCBr)O1. The van der Waals surface area contributed by atoms with Crippen molar-refractivity contribution in [2.45, 2.75) is 70.9 Å². The summed E-state index contributed by atoms with van der Waals surface area (Å²) in [7, 11) is 0. The van der Waals surface area contributed by atoms with Crippen molar-refractivity contribution in [2.24, 2.45) is 0 Å². The molecule has 0 N–H and O–H groups in total. The van der Waals surface area contributed by atoms with Crippen LogP contribution in [0.1, 0.15) is 53.4 Å². The lowest BCUT2D eigenvalue weighted by Crippen LogP contribution is -2.31. The van der Waals surface area contributed by atoms with Gasteiger partial charge in [0.05, 0.1) is 11.2 Å². The van der Waals surface area contributed by atoms with Gasteiger partial charge in [-0.1, -0.05) is 15.9 Å². The summed E-state index contributed by atoms with van der Waals surface area (Å²) in [5.41, 5.74) is -0.102. The summed E-state index contributed by atoms with van der Waals surface area (Å²) in [6.07, 6.45) is 4.14. The number of ether oxygens (including phenoxy) is 2. The van der Waals surface area contributed by atoms with Gasteiger partial charge in [-0.15, -0.1) is 0 Å². The van der Waals surface area contributed by atoms with Crippen molar-refractivity contribution in [3.63, 3.8) is 0 Å². The molecule has 0 aromatic rings. The van der Waals surface area contributed by atoms with Gasteiger partial charge in [0.15, 0.2) is 6.29 Å². The standard InChI is InChI=1S/C12H23BrO2/c1-11(2)7-8-12(3,4)15-10(14-11)6-5-9-13/h10H,5-9H2,1-4H3. The van der Waals surface area contributed by atoms with Gasteiger partial charge in [0.25, 0.3) is 0 Å². The Morgan fingerprint density at radius 3 is 1.93 bits per heavy atom. The number of rotatable bonds is 3. The number of hydrogen-bond donors (Lipinski definition) is 0. The smallest absolute Gasteiger partial charge is 0.159 e. The molecule has 0 amide bonds. The van der Waals surface area contributed by atoms with Crippen LogP contribution in [-0.4, -0.2) is 22.8 Å². The van der Waals surface area contributed by atoms with Crippen molar-refractivity contribution < 1.29 is 9.47 Å². The third kappa shape index (κ3) is 4.83. The molecule has 0 atom stereocenters. The zero-order chi connectivity index (χ0) is 11.5. The summed E-state index contributed by atoms with van der Waals surface area (Å²) in [4.78, 5) is 0. The largest absolute Gasteiger partial charge is 0.347 e. The van der Waals surface area contributed by atoms with Crippen LogP contribution in [0.5, 0.6) is 0 Å². The molecule has 15 heavy (non-hydrogen) atoms. The molecule has 3 heteroatoms. The Bertz CT molecular complexity index is 184. The quantitative estimate of drug-likeness (QED) is 0.730. The molecule has 0 aromatic carbocycles. The van der Waals surface area contributed by atoms with Crippen molar-refractivity contribution in [1.29, 1.82) is 0 Å². The van der Waals surface area contributed by atoms with Gasteiger partial charge < -0.3 is 9.47 Å². The van der Waals surface area contributed by atoms with Gasteiger partial charge in [-0.05, 0) is 53.4 Å². The maximum atomic E-state index is 5.99. The summed E-state index contributed by atoms with van der Waals surface area (Å²) in [5, 5.41) is 1.01. The first-order valence-electron chi connectivity index (χ1n) is 5.76. The summed E-state index contributed by atoms with van der Waals surface area (Å²) in [6.45, 7) is 8.61. The molecule has 0 unspecified atom stereocenters. The molecule has 1 fully saturated rings. The topological polar surface area (TPSA) is 18.5 Å². The highest BCUT2D eigenvalue weighted by molar-refractivity contribution is 9.09. The zero-order valence-electron chi connectivity index (χ0n) is 10.3. The van der Waals surface area contributed by atoms with Crippen LogP contribution in [-0.2, 0) is 9.47 Å². The summed E-state index contributed by atoms with van der Waals surface area (Å²) >= 11 is 3.44. The van der Waals surface area contributed by atoms with E-state index in [9.17, 15) is 0 Å². The second-order valence-electron chi connectivity index (χ2n) is 5.52. The molecule has 0 saturated carbocycles. The molecular weight excluding hydrogens is 256 g/mol. The fourth-order valence-corrected chi connectivity index (χ4v) is 2.14. The third-order valence-corrected chi connectivity index (χ3v) is 3.36. The highest BCUT2D eigenvalue weighted by atomic mass is 79.9. The van der Waals surface area contributed by atoms with Crippen LogP contribution in [0, 0.1) is 0 Å². The van der Waals surface area contributed by atoms with E-state index in [0.29, 0.717) is 0 Å². The van der Waals surface area contributed by atoms with Crippen LogP contribution in [0.15, 0.2) is 0 Å². The molecule has 90 valence electrons. The van der Waals surface area contributed by atoms with Crippen LogP contribution in [0.2, 0.25) is 0 Å². The lowest BCUT2D eigenvalue weighted by atomic mass is 9.94. The van der Waals surface area contributed by atoms with Crippen LogP contribution < -0.4 is 0 Å². The first-order chi connectivity index (χ1) is 6.85. The third-order valence-electron chi connectivity index (χ3n) is 2.80. The monoisotopic (exact) mass is 278 g/mol. The molecule has 1 aliphatic rings. The first-order valence-corrected chi connectivity index (χ1v) is 6.88. The Kier molecular flexibility index (Phi) is 4.63. The Morgan fingerprint density at radius 2 is 1.53 bits per heavy atom. The number of alkyl halides is 1. The van der Waals surface area contributed by atoms with E-state index in [1.807, 2.05) is 0 Å². The van der Waals surface area contributed by atoms with E-state index < -0.39 is 0 Å². The van der Waals surface area contributed by atoms with Crippen LogP contribution in [0.4, 0.5) is 0 Å². The van der Waals surface area contributed by atoms with Gasteiger partial charge in [-0.3, -0.25) is 0 Å². The average molecular weight is 279 g/mol. The van der Waals surface area contributed by atoms with E-state index in [2.05, 4.69) is 43.6 Å². The van der Waals surface area contributed by atoms with Crippen molar-refractivity contribution in [1.82, 2.24) is 0 Å². The van der Waals surface area contributed by atoms with E-state index >= 15 is 0 Å². The highest BCUT2D eigenvalue weighted by Gasteiger charge is 2.34. The fraction of sp³-hybridized carbons (Fsp3) is 1.00. The fourth-order valence-electron chi connectivity index (χ4n) is 1.82. The molecule has 1 rings (SSSR count). The maximum Gasteiger partial charge on any atom is 0.159 e. The molecular formula is C12H23BrO2. The minimum absolute atomic E-state index is 0.0463. The average Bonchev–Trinajstić information content (AvgIpc) is 2.20. The minimum Gasteiger partial charge on any atom is -0.347 e. The second kappa shape index (κ2) is 5.15. The lowest BCUT2D eigenvalue weighted by molar-refractivity contribution is -0.220. The predicted molar refractivity (Wildman–Crippen MR) is 66.4 cm³/mol.